The number of hydrogen-bond donors (Lipinski definition) is 1. The number of fused-ring (bicyclic) bond motifs is 1. The summed E-state index contributed by atoms with van der Waals surface area (Å²) < 4.78 is 46.5. The van der Waals surface area contributed by atoms with Crippen LogP contribution in [0.15, 0.2) is 18.3 Å². The third-order valence-corrected chi connectivity index (χ3v) is 7.13. The fourth-order valence-corrected chi connectivity index (χ4v) is 5.64. The molecule has 180 valence electrons. The Bertz CT molecular complexity index is 1160. The summed E-state index contributed by atoms with van der Waals surface area (Å²) in [5.74, 6) is 0.414. The van der Waals surface area contributed by atoms with Gasteiger partial charge < -0.3 is 4.74 Å². The topological polar surface area (TPSA) is 89.5 Å². The van der Waals surface area contributed by atoms with Crippen LogP contribution in [0.1, 0.15) is 67.6 Å². The summed E-state index contributed by atoms with van der Waals surface area (Å²) in [6.45, 7) is 0.483. The Morgan fingerprint density at radius 2 is 1.85 bits per heavy atom. The summed E-state index contributed by atoms with van der Waals surface area (Å²) >= 11 is 0. The van der Waals surface area contributed by atoms with Gasteiger partial charge in [-0.05, 0) is 77.8 Å². The van der Waals surface area contributed by atoms with Crippen LogP contribution in [-0.2, 0) is 29.2 Å². The lowest BCUT2D eigenvalue weighted by Crippen LogP contribution is -2.31. The van der Waals surface area contributed by atoms with E-state index in [0.29, 0.717) is 23.6 Å². The predicted octanol–water partition coefficient (Wildman–Crippen LogP) is 5.07. The molecule has 0 bridgehead atoms. The Balaban J connectivity index is 1.86. The van der Waals surface area contributed by atoms with Crippen molar-refractivity contribution >= 4 is 0 Å². The number of nitrogens with one attached hydrogen (secondary N) is 1. The van der Waals surface area contributed by atoms with E-state index in [9.17, 15) is 13.2 Å². The quantitative estimate of drug-likeness (QED) is 0.522. The number of H-pyrrole nitrogens is 1. The standard InChI is InChI=1S/C24H27F3N6O/c1-34-14-23(10-5-6-11-23)21-20(22-30-32-33-31-22)19(16-7-3-2-4-8-17(16)29-21)15-9-12-28-18(13-15)24(25,26)27/h9,12-13H,2-8,10-11,14H2,1H3,(H,30,31,32,33). The van der Waals surface area contributed by atoms with E-state index in [1.54, 1.807) is 13.2 Å². The summed E-state index contributed by atoms with van der Waals surface area (Å²) in [4.78, 5) is 8.82. The molecular weight excluding hydrogens is 445 g/mol. The molecule has 1 fully saturated rings. The zero-order chi connectivity index (χ0) is 23.8. The molecule has 0 spiro atoms. The molecule has 3 heterocycles. The van der Waals surface area contributed by atoms with Gasteiger partial charge in [0, 0.05) is 24.4 Å². The summed E-state index contributed by atoms with van der Waals surface area (Å²) in [5.41, 5.74) is 3.39. The number of tetrazole rings is 1. The van der Waals surface area contributed by atoms with Crippen molar-refractivity contribution in [3.05, 3.63) is 41.0 Å². The van der Waals surface area contributed by atoms with E-state index in [4.69, 9.17) is 9.72 Å². The molecule has 0 radical (unpaired) electrons. The molecule has 0 aliphatic heterocycles. The van der Waals surface area contributed by atoms with E-state index >= 15 is 0 Å². The molecule has 10 heteroatoms. The molecule has 0 atom stereocenters. The molecule has 0 aromatic carbocycles. The first-order chi connectivity index (χ1) is 16.4. The zero-order valence-corrected chi connectivity index (χ0v) is 19.1. The molecule has 0 amide bonds. The number of methoxy groups -OCH3 is 1. The number of aromatic amines is 1. The lowest BCUT2D eigenvalue weighted by atomic mass is 9.77. The van der Waals surface area contributed by atoms with Gasteiger partial charge in [-0.3, -0.25) is 9.97 Å². The second-order valence-electron chi connectivity index (χ2n) is 9.29. The summed E-state index contributed by atoms with van der Waals surface area (Å²) in [6, 6.07) is 2.78. The average molecular weight is 473 g/mol. The third-order valence-electron chi connectivity index (χ3n) is 7.13. The van der Waals surface area contributed by atoms with Crippen LogP contribution in [0.2, 0.25) is 0 Å². The van der Waals surface area contributed by atoms with E-state index in [1.165, 1.54) is 6.20 Å². The molecule has 2 aliphatic carbocycles. The average Bonchev–Trinajstić information content (AvgIpc) is 3.47. The van der Waals surface area contributed by atoms with Crippen molar-refractivity contribution in [2.24, 2.45) is 0 Å². The second kappa shape index (κ2) is 9.05. The van der Waals surface area contributed by atoms with Gasteiger partial charge in [-0.1, -0.05) is 19.3 Å². The number of aryl methyl sites for hydroxylation is 1. The van der Waals surface area contributed by atoms with Crippen LogP contribution in [-0.4, -0.2) is 44.3 Å². The van der Waals surface area contributed by atoms with Crippen molar-refractivity contribution < 1.29 is 17.9 Å². The Hall–Kier alpha value is -2.88. The number of hydrogen-bond acceptors (Lipinski definition) is 6. The maximum atomic E-state index is 13.6. The van der Waals surface area contributed by atoms with Gasteiger partial charge >= 0.3 is 6.18 Å². The van der Waals surface area contributed by atoms with E-state index in [-0.39, 0.29) is 5.41 Å². The SMILES string of the molecule is COCC1(c2nc3c(c(-c4ccnc(C(F)(F)F)c4)c2-c2nnn[nH]2)CCCCC3)CCCC1. The van der Waals surface area contributed by atoms with Gasteiger partial charge in [0.1, 0.15) is 5.69 Å². The van der Waals surface area contributed by atoms with Gasteiger partial charge in [0.05, 0.1) is 17.9 Å². The van der Waals surface area contributed by atoms with Gasteiger partial charge in [-0.15, -0.1) is 5.10 Å². The molecule has 3 aromatic rings. The fraction of sp³-hybridized carbons (Fsp3) is 0.542. The van der Waals surface area contributed by atoms with Gasteiger partial charge in [0.15, 0.2) is 5.82 Å². The first-order valence-electron chi connectivity index (χ1n) is 11.8. The molecule has 1 saturated carbocycles. The van der Waals surface area contributed by atoms with Crippen LogP contribution in [0.25, 0.3) is 22.5 Å². The van der Waals surface area contributed by atoms with Crippen molar-refractivity contribution in [1.29, 1.82) is 0 Å². The minimum atomic E-state index is -4.54. The molecule has 1 N–H and O–H groups in total. The highest BCUT2D eigenvalue weighted by molar-refractivity contribution is 5.86. The van der Waals surface area contributed by atoms with Crippen molar-refractivity contribution in [2.75, 3.05) is 13.7 Å². The molecule has 0 unspecified atom stereocenters. The maximum Gasteiger partial charge on any atom is 0.433 e. The highest BCUT2D eigenvalue weighted by Gasteiger charge is 2.42. The van der Waals surface area contributed by atoms with Gasteiger partial charge in [-0.2, -0.15) is 13.2 Å². The molecule has 2 aliphatic rings. The monoisotopic (exact) mass is 472 g/mol. The van der Waals surface area contributed by atoms with Crippen LogP contribution in [0.4, 0.5) is 13.2 Å². The number of ether oxygens (including phenoxy) is 1. The van der Waals surface area contributed by atoms with Crippen LogP contribution in [0.3, 0.4) is 0 Å². The van der Waals surface area contributed by atoms with E-state index < -0.39 is 11.9 Å². The lowest BCUT2D eigenvalue weighted by molar-refractivity contribution is -0.141. The number of rotatable bonds is 5. The molecule has 7 nitrogen and oxygen atoms in total. The number of nitrogens with zero attached hydrogens (tertiary/aromatic N) is 5. The van der Waals surface area contributed by atoms with Crippen molar-refractivity contribution in [1.82, 2.24) is 30.6 Å². The van der Waals surface area contributed by atoms with Crippen molar-refractivity contribution in [3.8, 4) is 22.5 Å². The normalized spacial score (nSPS) is 18.0. The van der Waals surface area contributed by atoms with Gasteiger partial charge in [-0.25, -0.2) is 5.10 Å². The smallest absolute Gasteiger partial charge is 0.384 e. The van der Waals surface area contributed by atoms with Crippen LogP contribution in [0.5, 0.6) is 0 Å². The van der Waals surface area contributed by atoms with Crippen LogP contribution in [0, 0.1) is 0 Å². The number of pyridine rings is 2. The van der Waals surface area contributed by atoms with Gasteiger partial charge in [0.2, 0.25) is 0 Å². The molecule has 3 aromatic heterocycles. The minimum Gasteiger partial charge on any atom is -0.384 e. The highest BCUT2D eigenvalue weighted by Crippen LogP contribution is 2.48. The first kappa shape index (κ1) is 22.9. The minimum absolute atomic E-state index is 0.340. The Morgan fingerprint density at radius 3 is 2.56 bits per heavy atom. The third kappa shape index (κ3) is 4.08. The van der Waals surface area contributed by atoms with Crippen LogP contribution < -0.4 is 0 Å². The summed E-state index contributed by atoms with van der Waals surface area (Å²) in [6.07, 6.45) is 5.10. The molecule has 0 saturated heterocycles. The Kier molecular flexibility index (Phi) is 6.09. The maximum absolute atomic E-state index is 13.6. The Morgan fingerprint density at radius 1 is 1.06 bits per heavy atom. The predicted molar refractivity (Wildman–Crippen MR) is 119 cm³/mol. The van der Waals surface area contributed by atoms with E-state index in [2.05, 4.69) is 25.6 Å². The van der Waals surface area contributed by atoms with Crippen molar-refractivity contribution in [3.63, 3.8) is 0 Å². The molecule has 34 heavy (non-hydrogen) atoms. The van der Waals surface area contributed by atoms with Crippen LogP contribution >= 0.6 is 0 Å². The van der Waals surface area contributed by atoms with E-state index in [0.717, 1.165) is 86.4 Å². The van der Waals surface area contributed by atoms with Gasteiger partial charge in [0.25, 0.3) is 0 Å². The van der Waals surface area contributed by atoms with Crippen molar-refractivity contribution in [2.45, 2.75) is 69.4 Å². The van der Waals surface area contributed by atoms with E-state index in [1.807, 2.05) is 0 Å². The zero-order valence-electron chi connectivity index (χ0n) is 19.1. The second-order valence-corrected chi connectivity index (χ2v) is 9.29. The Labute approximate surface area is 195 Å². The molecule has 5 rings (SSSR count). The number of halogens is 3. The summed E-state index contributed by atoms with van der Waals surface area (Å²) in [5, 5.41) is 14.6. The molecular formula is C24H27F3N6O. The largest absolute Gasteiger partial charge is 0.433 e. The fourth-order valence-electron chi connectivity index (χ4n) is 5.64. The number of aromatic nitrogens is 6. The first-order valence-corrected chi connectivity index (χ1v) is 11.8. The number of alkyl halides is 3. The summed E-state index contributed by atoms with van der Waals surface area (Å²) in [7, 11) is 1.68. The highest BCUT2D eigenvalue weighted by atomic mass is 19.4. The lowest BCUT2D eigenvalue weighted by Gasteiger charge is -2.32.